The maximum absolute atomic E-state index is 14.5. The lowest BCUT2D eigenvalue weighted by Crippen LogP contribution is -2.39. The summed E-state index contributed by atoms with van der Waals surface area (Å²) in [6.45, 7) is 16.4. The zero-order chi connectivity index (χ0) is 32.7. The molecule has 1 aliphatic heterocycles. The number of amides is 1. The first kappa shape index (κ1) is 34.4. The first-order chi connectivity index (χ1) is 20.6. The van der Waals surface area contributed by atoms with Crippen LogP contribution in [0.15, 0.2) is 36.5 Å². The molecule has 0 spiro atoms. The minimum absolute atomic E-state index is 0.0289. The van der Waals surface area contributed by atoms with Crippen LogP contribution in [0.5, 0.6) is 0 Å². The summed E-state index contributed by atoms with van der Waals surface area (Å²) < 4.78 is 31.0. The number of nitrogens with zero attached hydrogens (tertiary/aromatic N) is 4. The zero-order valence-corrected chi connectivity index (χ0v) is 27.0. The van der Waals surface area contributed by atoms with Crippen LogP contribution in [0.4, 0.5) is 15.1 Å². The standard InChI is InChI=1S/C28H34FN5O4.C5H10O/c1-16(2)23-18(14-34(26(36)38-28(6,7)8)22(15-35)37-27(3,4)5)12-31-21-10-9-17(11-19(21)23)24-20(29)13-32-25(30)33-24;1-2-4-6-5-3-1/h9-13,16H,14H2,1-8H3,(H2,30,32,33);1-5H2. The van der Waals surface area contributed by atoms with Crippen molar-refractivity contribution in [3.63, 3.8) is 0 Å². The fraction of sp³-hybridized carbons (Fsp3) is 0.515. The number of aromatic nitrogens is 3. The summed E-state index contributed by atoms with van der Waals surface area (Å²) in [5, 5.41) is 0.740. The van der Waals surface area contributed by atoms with Gasteiger partial charge in [0.05, 0.1) is 18.3 Å². The molecule has 0 atom stereocenters. The third-order valence-electron chi connectivity index (χ3n) is 6.36. The molecule has 4 rings (SSSR count). The van der Waals surface area contributed by atoms with Crippen LogP contribution in [0.3, 0.4) is 0 Å². The van der Waals surface area contributed by atoms with Crippen molar-refractivity contribution in [2.75, 3.05) is 18.9 Å². The van der Waals surface area contributed by atoms with E-state index >= 15 is 0 Å². The van der Waals surface area contributed by atoms with E-state index in [2.05, 4.69) is 15.0 Å². The smallest absolute Gasteiger partial charge is 0.418 e. The lowest BCUT2D eigenvalue weighted by atomic mass is 9.92. The van der Waals surface area contributed by atoms with Crippen LogP contribution in [0.2, 0.25) is 0 Å². The predicted octanol–water partition coefficient (Wildman–Crippen LogP) is 6.95. The van der Waals surface area contributed by atoms with E-state index in [0.717, 1.165) is 35.3 Å². The highest BCUT2D eigenvalue weighted by molar-refractivity contribution is 5.88. The van der Waals surface area contributed by atoms with Crippen LogP contribution >= 0.6 is 0 Å². The summed E-state index contributed by atoms with van der Waals surface area (Å²) in [7, 11) is 0. The molecule has 0 bridgehead atoms. The molecule has 3 heterocycles. The Kier molecular flexibility index (Phi) is 11.4. The molecule has 0 unspecified atom stereocenters. The molecule has 2 aromatic heterocycles. The van der Waals surface area contributed by atoms with Gasteiger partial charge < -0.3 is 19.9 Å². The molecule has 1 fully saturated rings. The number of ether oxygens (including phenoxy) is 3. The molecule has 2 N–H and O–H groups in total. The van der Waals surface area contributed by atoms with Gasteiger partial charge >= 0.3 is 6.09 Å². The van der Waals surface area contributed by atoms with Crippen LogP contribution in [0.1, 0.15) is 91.7 Å². The summed E-state index contributed by atoms with van der Waals surface area (Å²) in [6, 6.07) is 5.26. The van der Waals surface area contributed by atoms with Gasteiger partial charge in [0, 0.05) is 30.4 Å². The number of hydrogen-bond donors (Lipinski definition) is 1. The SMILES string of the molecule is C1CCOCC1.CC(C)c1c(CN(C(=O)OC(C)(C)C)C(=C=O)OC(C)(C)C)cnc2ccc(-c3nc(N)ncc3F)cc12. The average Bonchev–Trinajstić information content (AvgIpc) is 2.95. The highest BCUT2D eigenvalue weighted by Crippen LogP contribution is 2.33. The lowest BCUT2D eigenvalue weighted by Gasteiger charge is -2.31. The molecule has 0 aliphatic carbocycles. The minimum atomic E-state index is -0.814. The number of fused-ring (bicyclic) bond motifs is 1. The predicted molar refractivity (Wildman–Crippen MR) is 168 cm³/mol. The van der Waals surface area contributed by atoms with Crippen LogP contribution in [-0.2, 0) is 25.5 Å². The van der Waals surface area contributed by atoms with E-state index in [1.807, 2.05) is 13.8 Å². The van der Waals surface area contributed by atoms with Gasteiger partial charge in [0.2, 0.25) is 5.95 Å². The molecular weight excluding hydrogens is 565 g/mol. The Hall–Kier alpha value is -4.08. The molecule has 1 amide bonds. The molecule has 10 nitrogen and oxygen atoms in total. The second-order valence-corrected chi connectivity index (χ2v) is 12.9. The van der Waals surface area contributed by atoms with E-state index in [1.165, 1.54) is 19.3 Å². The Balaban J connectivity index is 0.000000785. The average molecular weight is 610 g/mol. The van der Waals surface area contributed by atoms with Crippen molar-refractivity contribution in [3.8, 4) is 11.3 Å². The first-order valence-corrected chi connectivity index (χ1v) is 14.8. The van der Waals surface area contributed by atoms with Crippen molar-refractivity contribution >= 4 is 28.9 Å². The van der Waals surface area contributed by atoms with E-state index < -0.39 is 23.1 Å². The van der Waals surface area contributed by atoms with Gasteiger partial charge in [0.1, 0.15) is 16.9 Å². The number of benzene rings is 1. The summed E-state index contributed by atoms with van der Waals surface area (Å²) in [4.78, 5) is 38.6. The quantitative estimate of drug-likeness (QED) is 0.233. The second-order valence-electron chi connectivity index (χ2n) is 12.9. The van der Waals surface area contributed by atoms with Crippen molar-refractivity contribution in [1.82, 2.24) is 19.9 Å². The number of carbonyl (C=O) groups is 1. The maximum Gasteiger partial charge on any atom is 0.418 e. The number of pyridine rings is 1. The Morgan fingerprint density at radius 3 is 2.23 bits per heavy atom. The van der Waals surface area contributed by atoms with E-state index in [1.54, 1.807) is 71.9 Å². The lowest BCUT2D eigenvalue weighted by molar-refractivity contribution is -0.0174. The van der Waals surface area contributed by atoms with Gasteiger partial charge in [-0.15, -0.1) is 0 Å². The van der Waals surface area contributed by atoms with Crippen LogP contribution in [-0.4, -0.2) is 56.3 Å². The van der Waals surface area contributed by atoms with Gasteiger partial charge in [-0.1, -0.05) is 19.9 Å². The summed E-state index contributed by atoms with van der Waals surface area (Å²) >= 11 is 0. The number of anilines is 1. The van der Waals surface area contributed by atoms with Gasteiger partial charge in [0.15, 0.2) is 11.8 Å². The van der Waals surface area contributed by atoms with Gasteiger partial charge in [-0.3, -0.25) is 4.98 Å². The van der Waals surface area contributed by atoms with Crippen LogP contribution < -0.4 is 5.73 Å². The molecule has 1 saturated heterocycles. The Morgan fingerprint density at radius 2 is 1.70 bits per heavy atom. The van der Waals surface area contributed by atoms with E-state index in [0.29, 0.717) is 16.6 Å². The van der Waals surface area contributed by atoms with E-state index in [9.17, 15) is 14.0 Å². The number of carbonyl (C=O) groups excluding carboxylic acids is 2. The number of hydrogen-bond acceptors (Lipinski definition) is 9. The van der Waals surface area contributed by atoms with Crippen molar-refractivity contribution in [1.29, 1.82) is 0 Å². The second kappa shape index (κ2) is 14.6. The minimum Gasteiger partial charge on any atom is -0.465 e. The van der Waals surface area contributed by atoms with E-state index in [4.69, 9.17) is 19.9 Å². The highest BCUT2D eigenvalue weighted by atomic mass is 19.1. The van der Waals surface area contributed by atoms with E-state index in [-0.39, 0.29) is 30.0 Å². The molecule has 1 aliphatic rings. The normalized spacial score (nSPS) is 13.5. The molecule has 0 radical (unpaired) electrons. The van der Waals surface area contributed by atoms with Crippen molar-refractivity contribution in [3.05, 3.63) is 53.4 Å². The summed E-state index contributed by atoms with van der Waals surface area (Å²) in [5.74, 6) is 0.778. The zero-order valence-electron chi connectivity index (χ0n) is 27.0. The fourth-order valence-corrected chi connectivity index (χ4v) is 4.61. The molecule has 0 saturated carbocycles. The monoisotopic (exact) mass is 609 g/mol. The van der Waals surface area contributed by atoms with Gasteiger partial charge in [-0.25, -0.2) is 28.8 Å². The number of rotatable bonds is 6. The topological polar surface area (TPSA) is 130 Å². The first-order valence-electron chi connectivity index (χ1n) is 14.8. The molecule has 1 aromatic carbocycles. The molecule has 3 aromatic rings. The van der Waals surface area contributed by atoms with Crippen molar-refractivity contribution < 1.29 is 28.2 Å². The Morgan fingerprint density at radius 1 is 1.05 bits per heavy atom. The van der Waals surface area contributed by atoms with Crippen LogP contribution in [0, 0.1) is 5.82 Å². The maximum atomic E-state index is 14.5. The molecule has 11 heteroatoms. The fourth-order valence-electron chi connectivity index (χ4n) is 4.61. The molecule has 238 valence electrons. The summed E-state index contributed by atoms with van der Waals surface area (Å²) in [6.07, 6.45) is 5.85. The third-order valence-corrected chi connectivity index (χ3v) is 6.36. The third kappa shape index (κ3) is 9.72. The van der Waals surface area contributed by atoms with Crippen molar-refractivity contribution in [2.45, 2.75) is 98.3 Å². The summed E-state index contributed by atoms with van der Waals surface area (Å²) in [5.41, 5.74) is 6.86. The van der Waals surface area contributed by atoms with Crippen molar-refractivity contribution in [2.24, 2.45) is 0 Å². The van der Waals surface area contributed by atoms with Crippen LogP contribution in [0.25, 0.3) is 22.2 Å². The van der Waals surface area contributed by atoms with Gasteiger partial charge in [-0.2, -0.15) is 0 Å². The highest BCUT2D eigenvalue weighted by Gasteiger charge is 2.31. The van der Waals surface area contributed by atoms with Gasteiger partial charge in [0.25, 0.3) is 5.88 Å². The Labute approximate surface area is 258 Å². The molecule has 44 heavy (non-hydrogen) atoms. The molecular formula is C33H44FN5O5. The van der Waals surface area contributed by atoms with Gasteiger partial charge in [-0.05, 0) is 90.0 Å². The number of nitrogens with two attached hydrogens (primary N) is 1. The number of halogens is 1. The largest absolute Gasteiger partial charge is 0.465 e. The Bertz CT molecular complexity index is 1490. The number of nitrogen functional groups attached to an aromatic ring is 1.